The Hall–Kier alpha value is -0.570. The third kappa shape index (κ3) is 2.02. The van der Waals surface area contributed by atoms with Crippen molar-refractivity contribution in [1.82, 2.24) is 5.32 Å². The zero-order chi connectivity index (χ0) is 9.42. The van der Waals surface area contributed by atoms with E-state index in [9.17, 15) is 4.79 Å². The third-order valence-electron chi connectivity index (χ3n) is 3.36. The van der Waals surface area contributed by atoms with Gasteiger partial charge in [-0.1, -0.05) is 6.92 Å². The second-order valence-corrected chi connectivity index (χ2v) is 4.65. The van der Waals surface area contributed by atoms with E-state index in [4.69, 9.17) is 5.73 Å². The van der Waals surface area contributed by atoms with Gasteiger partial charge in [0.1, 0.15) is 0 Å². The minimum absolute atomic E-state index is 0.212. The Balaban J connectivity index is 1.62. The van der Waals surface area contributed by atoms with E-state index in [1.807, 2.05) is 0 Å². The van der Waals surface area contributed by atoms with Crippen LogP contribution >= 0.6 is 0 Å². The molecule has 2 atom stereocenters. The van der Waals surface area contributed by atoms with Gasteiger partial charge >= 0.3 is 0 Å². The molecule has 0 radical (unpaired) electrons. The summed E-state index contributed by atoms with van der Waals surface area (Å²) >= 11 is 0. The SMILES string of the molecule is CC1CC1CNC(=O)C1CC(N)C1. The molecule has 3 heteroatoms. The maximum absolute atomic E-state index is 11.4. The highest BCUT2D eigenvalue weighted by atomic mass is 16.1. The maximum Gasteiger partial charge on any atom is 0.223 e. The van der Waals surface area contributed by atoms with E-state index in [1.165, 1.54) is 6.42 Å². The molecule has 2 fully saturated rings. The molecule has 0 bridgehead atoms. The lowest BCUT2D eigenvalue weighted by Gasteiger charge is -2.31. The summed E-state index contributed by atoms with van der Waals surface area (Å²) < 4.78 is 0. The van der Waals surface area contributed by atoms with Gasteiger partial charge in [-0.25, -0.2) is 0 Å². The fourth-order valence-electron chi connectivity index (χ4n) is 1.94. The molecule has 0 heterocycles. The molecule has 0 spiro atoms. The third-order valence-corrected chi connectivity index (χ3v) is 3.36. The summed E-state index contributed by atoms with van der Waals surface area (Å²) in [7, 11) is 0. The molecule has 3 nitrogen and oxygen atoms in total. The van der Waals surface area contributed by atoms with Crippen LogP contribution in [0.3, 0.4) is 0 Å². The second kappa shape index (κ2) is 3.29. The average Bonchev–Trinajstić information content (AvgIpc) is 2.72. The Bertz CT molecular complexity index is 211. The summed E-state index contributed by atoms with van der Waals surface area (Å²) in [5.41, 5.74) is 5.62. The molecule has 2 rings (SSSR count). The summed E-state index contributed by atoms with van der Waals surface area (Å²) in [4.78, 5) is 11.4. The zero-order valence-corrected chi connectivity index (χ0v) is 8.12. The fraction of sp³-hybridized carbons (Fsp3) is 0.900. The van der Waals surface area contributed by atoms with Gasteiger partial charge in [0.25, 0.3) is 0 Å². The van der Waals surface area contributed by atoms with Gasteiger partial charge in [0.2, 0.25) is 5.91 Å². The van der Waals surface area contributed by atoms with Crippen LogP contribution in [0.25, 0.3) is 0 Å². The summed E-state index contributed by atoms with van der Waals surface area (Å²) in [6.45, 7) is 3.11. The highest BCUT2D eigenvalue weighted by Gasteiger charge is 2.35. The van der Waals surface area contributed by atoms with Crippen LogP contribution in [-0.4, -0.2) is 18.5 Å². The predicted octanol–water partition coefficient (Wildman–Crippen LogP) is 0.496. The number of nitrogens with two attached hydrogens (primary N) is 1. The van der Waals surface area contributed by atoms with Crippen molar-refractivity contribution in [3.63, 3.8) is 0 Å². The van der Waals surface area contributed by atoms with E-state index in [-0.39, 0.29) is 17.9 Å². The predicted molar refractivity (Wildman–Crippen MR) is 51.0 cm³/mol. The molecule has 74 valence electrons. The molecule has 2 aliphatic rings. The normalized spacial score (nSPS) is 42.3. The van der Waals surface area contributed by atoms with Crippen LogP contribution in [0.4, 0.5) is 0 Å². The van der Waals surface area contributed by atoms with Gasteiger partial charge in [-0.15, -0.1) is 0 Å². The molecular formula is C10H18N2O. The molecule has 0 aromatic heterocycles. The number of carbonyl (C=O) groups excluding carboxylic acids is 1. The minimum atomic E-state index is 0.212. The highest BCUT2D eigenvalue weighted by Crippen LogP contribution is 2.37. The molecular weight excluding hydrogens is 164 g/mol. The Labute approximate surface area is 79.1 Å². The first kappa shape index (κ1) is 9.00. The lowest BCUT2D eigenvalue weighted by Crippen LogP contribution is -2.45. The molecule has 0 saturated heterocycles. The molecule has 1 amide bonds. The molecule has 0 aromatic rings. The van der Waals surface area contributed by atoms with Crippen molar-refractivity contribution < 1.29 is 4.79 Å². The lowest BCUT2D eigenvalue weighted by atomic mass is 9.80. The number of hydrogen-bond donors (Lipinski definition) is 2. The maximum atomic E-state index is 11.4. The van der Waals surface area contributed by atoms with Crippen molar-refractivity contribution in [2.75, 3.05) is 6.54 Å². The Morgan fingerprint density at radius 1 is 1.46 bits per heavy atom. The molecule has 2 unspecified atom stereocenters. The standard InChI is InChI=1S/C10H18N2O/c1-6-2-8(6)5-12-10(13)7-3-9(11)4-7/h6-9H,2-5,11H2,1H3,(H,12,13). The van der Waals surface area contributed by atoms with E-state index in [1.54, 1.807) is 0 Å². The summed E-state index contributed by atoms with van der Waals surface area (Å²) in [5, 5.41) is 3.00. The number of amides is 1. The number of hydrogen-bond acceptors (Lipinski definition) is 2. The van der Waals surface area contributed by atoms with Gasteiger partial charge < -0.3 is 11.1 Å². The monoisotopic (exact) mass is 182 g/mol. The molecule has 0 aliphatic heterocycles. The Morgan fingerprint density at radius 2 is 2.08 bits per heavy atom. The summed E-state index contributed by atoms with van der Waals surface area (Å²) in [6.07, 6.45) is 3.04. The number of rotatable bonds is 3. The second-order valence-electron chi connectivity index (χ2n) is 4.65. The Morgan fingerprint density at radius 3 is 2.54 bits per heavy atom. The van der Waals surface area contributed by atoms with Gasteiger partial charge in [-0.2, -0.15) is 0 Å². The summed E-state index contributed by atoms with van der Waals surface area (Å²) in [5.74, 6) is 2.01. The topological polar surface area (TPSA) is 55.1 Å². The van der Waals surface area contributed by atoms with E-state index in [2.05, 4.69) is 12.2 Å². The van der Waals surface area contributed by atoms with Crippen LogP contribution in [0.1, 0.15) is 26.2 Å². The van der Waals surface area contributed by atoms with Crippen LogP contribution in [-0.2, 0) is 4.79 Å². The number of carbonyl (C=O) groups is 1. The van der Waals surface area contributed by atoms with Crippen molar-refractivity contribution >= 4 is 5.91 Å². The first-order valence-electron chi connectivity index (χ1n) is 5.20. The van der Waals surface area contributed by atoms with Crippen LogP contribution in [0, 0.1) is 17.8 Å². The lowest BCUT2D eigenvalue weighted by molar-refractivity contribution is -0.127. The van der Waals surface area contributed by atoms with Crippen LogP contribution in [0.15, 0.2) is 0 Å². The van der Waals surface area contributed by atoms with E-state index < -0.39 is 0 Å². The van der Waals surface area contributed by atoms with Gasteiger partial charge in [-0.05, 0) is 31.1 Å². The van der Waals surface area contributed by atoms with Crippen LogP contribution in [0.5, 0.6) is 0 Å². The molecule has 2 saturated carbocycles. The van der Waals surface area contributed by atoms with Crippen molar-refractivity contribution in [3.8, 4) is 0 Å². The quantitative estimate of drug-likeness (QED) is 0.667. The van der Waals surface area contributed by atoms with E-state index in [0.717, 1.165) is 31.2 Å². The molecule has 0 aromatic carbocycles. The molecule has 3 N–H and O–H groups in total. The van der Waals surface area contributed by atoms with E-state index in [0.29, 0.717) is 0 Å². The van der Waals surface area contributed by atoms with Gasteiger partial charge in [0, 0.05) is 18.5 Å². The zero-order valence-electron chi connectivity index (χ0n) is 8.12. The smallest absolute Gasteiger partial charge is 0.223 e. The van der Waals surface area contributed by atoms with Crippen LogP contribution in [0.2, 0.25) is 0 Å². The van der Waals surface area contributed by atoms with Crippen molar-refractivity contribution in [2.45, 2.75) is 32.2 Å². The first-order chi connectivity index (χ1) is 6.16. The van der Waals surface area contributed by atoms with E-state index >= 15 is 0 Å². The van der Waals surface area contributed by atoms with Gasteiger partial charge in [0.15, 0.2) is 0 Å². The average molecular weight is 182 g/mol. The fourth-order valence-corrected chi connectivity index (χ4v) is 1.94. The molecule has 13 heavy (non-hydrogen) atoms. The van der Waals surface area contributed by atoms with Crippen LogP contribution < -0.4 is 11.1 Å². The van der Waals surface area contributed by atoms with Crippen molar-refractivity contribution in [3.05, 3.63) is 0 Å². The number of nitrogens with one attached hydrogen (secondary N) is 1. The minimum Gasteiger partial charge on any atom is -0.356 e. The van der Waals surface area contributed by atoms with Gasteiger partial charge in [-0.3, -0.25) is 4.79 Å². The van der Waals surface area contributed by atoms with Gasteiger partial charge in [0.05, 0.1) is 0 Å². The Kier molecular flexibility index (Phi) is 2.28. The summed E-state index contributed by atoms with van der Waals surface area (Å²) in [6, 6.07) is 0.274. The van der Waals surface area contributed by atoms with Crippen molar-refractivity contribution in [1.29, 1.82) is 0 Å². The molecule has 2 aliphatic carbocycles. The van der Waals surface area contributed by atoms with Crippen molar-refractivity contribution in [2.24, 2.45) is 23.5 Å². The highest BCUT2D eigenvalue weighted by molar-refractivity contribution is 5.79. The largest absolute Gasteiger partial charge is 0.356 e. The first-order valence-corrected chi connectivity index (χ1v) is 5.20.